The number of nitrogens with one attached hydrogen (secondary N) is 1. The molecule has 1 saturated carbocycles. The molecule has 1 unspecified atom stereocenters. The number of carbonyl (C=O) groups excluding carboxylic acids is 1. The highest BCUT2D eigenvalue weighted by Gasteiger charge is 2.57. The van der Waals surface area contributed by atoms with Crippen molar-refractivity contribution in [3.63, 3.8) is 0 Å². The average Bonchev–Trinajstić information content (AvgIpc) is 3.33. The summed E-state index contributed by atoms with van der Waals surface area (Å²) < 4.78 is 29.7. The lowest BCUT2D eigenvalue weighted by Crippen LogP contribution is -2.34. The summed E-state index contributed by atoms with van der Waals surface area (Å²) in [5, 5.41) is 4.12. The number of halogens is 2. The van der Waals surface area contributed by atoms with Crippen molar-refractivity contribution < 1.29 is 13.6 Å². The van der Waals surface area contributed by atoms with Crippen LogP contribution in [0.1, 0.15) is 47.7 Å². The highest BCUT2D eigenvalue weighted by atomic mass is 19.3. The number of alkyl halides is 2. The van der Waals surface area contributed by atoms with Gasteiger partial charge >= 0.3 is 0 Å². The number of imidazole rings is 1. The summed E-state index contributed by atoms with van der Waals surface area (Å²) in [6.07, 6.45) is 2.94. The van der Waals surface area contributed by atoms with Crippen molar-refractivity contribution >= 4 is 28.6 Å². The van der Waals surface area contributed by atoms with Gasteiger partial charge in [0.15, 0.2) is 11.5 Å². The average molecular weight is 513 g/mol. The normalized spacial score (nSPS) is 18.7. The Morgan fingerprint density at radius 2 is 1.92 bits per heavy atom. The molecule has 1 atom stereocenters. The molecule has 2 aliphatic rings. The number of anilines is 2. The van der Waals surface area contributed by atoms with Crippen LogP contribution in [-0.2, 0) is 13.1 Å². The van der Waals surface area contributed by atoms with Crippen LogP contribution < -0.4 is 16.0 Å². The van der Waals surface area contributed by atoms with Crippen LogP contribution in [0.4, 0.5) is 20.5 Å². The topological polar surface area (TPSA) is 105 Å². The van der Waals surface area contributed by atoms with Gasteiger partial charge in [0.1, 0.15) is 5.82 Å². The number of nitrogens with two attached hydrogens (primary N) is 1. The van der Waals surface area contributed by atoms with E-state index in [-0.39, 0.29) is 31.1 Å². The molecule has 3 heterocycles. The lowest BCUT2D eigenvalue weighted by molar-refractivity contribution is 0.0762. The molecular formula is C26H34F2N8O. The molecule has 9 nitrogen and oxygen atoms in total. The van der Waals surface area contributed by atoms with Crippen molar-refractivity contribution in [2.24, 2.45) is 11.7 Å². The van der Waals surface area contributed by atoms with Crippen LogP contribution in [-0.4, -0.2) is 69.5 Å². The second-order valence-corrected chi connectivity index (χ2v) is 10.0. The summed E-state index contributed by atoms with van der Waals surface area (Å²) in [5.74, 6) is -2.39. The summed E-state index contributed by atoms with van der Waals surface area (Å²) in [7, 11) is 1.67. The number of nitrogens with zero attached hydrogens (tertiary/aromatic N) is 6. The van der Waals surface area contributed by atoms with Crippen molar-refractivity contribution in [1.82, 2.24) is 24.4 Å². The first-order valence-corrected chi connectivity index (χ1v) is 12.9. The molecule has 1 amide bonds. The second kappa shape index (κ2) is 10.2. The Morgan fingerprint density at radius 1 is 1.19 bits per heavy atom. The predicted molar refractivity (Wildman–Crippen MR) is 139 cm³/mol. The molecule has 11 heteroatoms. The first-order valence-electron chi connectivity index (χ1n) is 12.9. The lowest BCUT2D eigenvalue weighted by Gasteiger charge is -2.28. The molecule has 5 rings (SSSR count). The number of hydrogen-bond acceptors (Lipinski definition) is 7. The Kier molecular flexibility index (Phi) is 6.98. The van der Waals surface area contributed by atoms with Gasteiger partial charge in [-0.25, -0.2) is 18.7 Å². The predicted octanol–water partition coefficient (Wildman–Crippen LogP) is 3.42. The zero-order chi connectivity index (χ0) is 26.2. The quantitative estimate of drug-likeness (QED) is 0.453. The Bertz CT molecular complexity index is 1290. The summed E-state index contributed by atoms with van der Waals surface area (Å²) in [6, 6.07) is 7.73. The number of para-hydroxylation sites is 1. The molecule has 2 fully saturated rings. The molecule has 1 aliphatic carbocycles. The Morgan fingerprint density at radius 3 is 2.62 bits per heavy atom. The zero-order valence-electron chi connectivity index (χ0n) is 21.4. The largest absolute Gasteiger partial charge is 0.367 e. The summed E-state index contributed by atoms with van der Waals surface area (Å²) in [4.78, 5) is 31.5. The minimum Gasteiger partial charge on any atom is -0.367 e. The molecule has 0 spiro atoms. The summed E-state index contributed by atoms with van der Waals surface area (Å²) in [6.45, 7) is 4.44. The monoisotopic (exact) mass is 512 g/mol. The van der Waals surface area contributed by atoms with Gasteiger partial charge in [-0.3, -0.25) is 4.79 Å². The van der Waals surface area contributed by atoms with E-state index in [1.165, 1.54) is 4.90 Å². The van der Waals surface area contributed by atoms with E-state index in [4.69, 9.17) is 10.7 Å². The smallest absolute Gasteiger partial charge is 0.274 e. The van der Waals surface area contributed by atoms with E-state index in [1.54, 1.807) is 11.6 Å². The van der Waals surface area contributed by atoms with E-state index >= 15 is 0 Å². The highest BCUT2D eigenvalue weighted by Crippen LogP contribution is 2.50. The van der Waals surface area contributed by atoms with Gasteiger partial charge in [-0.2, -0.15) is 4.98 Å². The van der Waals surface area contributed by atoms with Crippen LogP contribution in [0.2, 0.25) is 0 Å². The molecule has 1 saturated heterocycles. The third-order valence-electron chi connectivity index (χ3n) is 7.15. The van der Waals surface area contributed by atoms with Crippen LogP contribution >= 0.6 is 0 Å². The maximum atomic E-state index is 14.0. The highest BCUT2D eigenvalue weighted by molar-refractivity contribution is 5.98. The standard InChI is InChI=1S/C26H34F2N8O/c1-17-19-8-4-5-9-20(19)32-21(31-17)16-34(2)24(37)22-23(30-11-10-29)33-25(35-12-6-3-7-13-35)36(22)15-18-14-26(18,27)28/h4-5,8-9,18,30H,3,6-7,10-16,29H2,1-2H3. The second-order valence-electron chi connectivity index (χ2n) is 10.0. The first kappa shape index (κ1) is 25.3. The maximum absolute atomic E-state index is 14.0. The van der Waals surface area contributed by atoms with Crippen LogP contribution in [0.3, 0.4) is 0 Å². The lowest BCUT2D eigenvalue weighted by atomic mass is 10.1. The fraction of sp³-hybridized carbons (Fsp3) is 0.538. The van der Waals surface area contributed by atoms with Gasteiger partial charge in [-0.15, -0.1) is 0 Å². The third-order valence-corrected chi connectivity index (χ3v) is 7.15. The van der Waals surface area contributed by atoms with Gasteiger partial charge in [-0.05, 0) is 32.3 Å². The van der Waals surface area contributed by atoms with Crippen molar-refractivity contribution in [3.05, 3.63) is 41.5 Å². The molecule has 3 N–H and O–H groups in total. The zero-order valence-corrected chi connectivity index (χ0v) is 21.4. The van der Waals surface area contributed by atoms with E-state index in [1.807, 2.05) is 31.2 Å². The van der Waals surface area contributed by atoms with Gasteiger partial charge in [0.25, 0.3) is 11.8 Å². The van der Waals surface area contributed by atoms with E-state index in [0.29, 0.717) is 30.7 Å². The van der Waals surface area contributed by atoms with Gasteiger partial charge in [0.05, 0.1) is 12.1 Å². The number of fused-ring (bicyclic) bond motifs is 1. The van der Waals surface area contributed by atoms with Crippen molar-refractivity contribution in [2.45, 2.75) is 51.6 Å². The van der Waals surface area contributed by atoms with Crippen molar-refractivity contribution in [2.75, 3.05) is 43.4 Å². The Balaban J connectivity index is 1.49. The van der Waals surface area contributed by atoms with Crippen LogP contribution in [0.25, 0.3) is 10.9 Å². The van der Waals surface area contributed by atoms with Gasteiger partial charge in [0.2, 0.25) is 5.95 Å². The maximum Gasteiger partial charge on any atom is 0.274 e. The Hall–Kier alpha value is -3.34. The third kappa shape index (κ3) is 5.22. The van der Waals surface area contributed by atoms with E-state index < -0.39 is 11.8 Å². The van der Waals surface area contributed by atoms with Crippen LogP contribution in [0, 0.1) is 12.8 Å². The minimum atomic E-state index is -2.71. The molecule has 37 heavy (non-hydrogen) atoms. The van der Waals surface area contributed by atoms with Gasteiger partial charge in [0, 0.05) is 63.2 Å². The summed E-state index contributed by atoms with van der Waals surface area (Å²) in [5.41, 5.74) is 7.64. The molecule has 2 aromatic heterocycles. The number of benzene rings is 1. The fourth-order valence-corrected chi connectivity index (χ4v) is 5.00. The molecule has 0 radical (unpaired) electrons. The van der Waals surface area contributed by atoms with Crippen LogP contribution in [0.15, 0.2) is 24.3 Å². The Labute approximate surface area is 215 Å². The molecule has 1 aromatic carbocycles. The fourth-order valence-electron chi connectivity index (χ4n) is 5.00. The molecule has 198 valence electrons. The molecule has 0 bridgehead atoms. The van der Waals surface area contributed by atoms with E-state index in [9.17, 15) is 13.6 Å². The number of aryl methyl sites for hydroxylation is 1. The van der Waals surface area contributed by atoms with Gasteiger partial charge < -0.3 is 25.4 Å². The minimum absolute atomic E-state index is 0.0383. The number of carbonyl (C=O) groups is 1. The number of aromatic nitrogens is 4. The van der Waals surface area contributed by atoms with E-state index in [0.717, 1.165) is 48.9 Å². The molecule has 3 aromatic rings. The number of piperidine rings is 1. The van der Waals surface area contributed by atoms with Crippen LogP contribution in [0.5, 0.6) is 0 Å². The number of rotatable bonds is 9. The SMILES string of the molecule is Cc1nc(CN(C)C(=O)c2c(NCCN)nc(N3CCCCC3)n2CC2CC2(F)F)nc2ccccc12. The van der Waals surface area contributed by atoms with E-state index in [2.05, 4.69) is 20.2 Å². The molecular weight excluding hydrogens is 478 g/mol. The molecule has 1 aliphatic heterocycles. The summed E-state index contributed by atoms with van der Waals surface area (Å²) >= 11 is 0. The number of hydrogen-bond donors (Lipinski definition) is 2. The number of amides is 1. The van der Waals surface area contributed by atoms with Gasteiger partial charge in [-0.1, -0.05) is 18.2 Å². The van der Waals surface area contributed by atoms with Crippen molar-refractivity contribution in [1.29, 1.82) is 0 Å². The first-order chi connectivity index (χ1) is 17.8. The van der Waals surface area contributed by atoms with Crippen molar-refractivity contribution in [3.8, 4) is 0 Å².